The second kappa shape index (κ2) is 7.95. The summed E-state index contributed by atoms with van der Waals surface area (Å²) in [5.41, 5.74) is 2.56. The Kier molecular flexibility index (Phi) is 5.41. The zero-order valence-corrected chi connectivity index (χ0v) is 17.0. The lowest BCUT2D eigenvalue weighted by Crippen LogP contribution is -2.31. The normalized spacial score (nSPS) is 14.0. The van der Waals surface area contributed by atoms with Crippen LogP contribution in [0.3, 0.4) is 0 Å². The van der Waals surface area contributed by atoms with E-state index in [1.165, 1.54) is 23.3 Å². The highest BCUT2D eigenvalue weighted by atomic mass is 32.1. The van der Waals surface area contributed by atoms with E-state index >= 15 is 0 Å². The van der Waals surface area contributed by atoms with E-state index in [0.29, 0.717) is 13.1 Å². The molecule has 0 saturated carbocycles. The molecular formula is C22H27N3OS. The third kappa shape index (κ3) is 3.58. The first kappa shape index (κ1) is 18.4. The molecule has 0 amide bonds. The van der Waals surface area contributed by atoms with Crippen LogP contribution in [0.2, 0.25) is 0 Å². The second-order valence-corrected chi connectivity index (χ2v) is 8.34. The first-order valence-corrected chi connectivity index (χ1v) is 10.8. The Balaban J connectivity index is 1.87. The van der Waals surface area contributed by atoms with Crippen LogP contribution < -0.4 is 5.56 Å². The molecule has 0 bridgehead atoms. The van der Waals surface area contributed by atoms with E-state index < -0.39 is 0 Å². The van der Waals surface area contributed by atoms with Gasteiger partial charge in [0.1, 0.15) is 10.7 Å². The average molecular weight is 382 g/mol. The van der Waals surface area contributed by atoms with E-state index in [1.54, 1.807) is 11.3 Å². The minimum Gasteiger partial charge on any atom is -0.297 e. The number of rotatable bonds is 6. The van der Waals surface area contributed by atoms with Crippen molar-refractivity contribution in [2.45, 2.75) is 52.6 Å². The van der Waals surface area contributed by atoms with Gasteiger partial charge in [-0.1, -0.05) is 44.2 Å². The largest absolute Gasteiger partial charge is 0.297 e. The first-order chi connectivity index (χ1) is 13.2. The zero-order chi connectivity index (χ0) is 18.8. The van der Waals surface area contributed by atoms with Crippen molar-refractivity contribution >= 4 is 21.6 Å². The summed E-state index contributed by atoms with van der Waals surface area (Å²) in [4.78, 5) is 23.2. The summed E-state index contributed by atoms with van der Waals surface area (Å²) >= 11 is 1.74. The van der Waals surface area contributed by atoms with E-state index in [9.17, 15) is 4.79 Å². The fourth-order valence-electron chi connectivity index (χ4n) is 3.98. The van der Waals surface area contributed by atoms with Crippen molar-refractivity contribution in [3.05, 3.63) is 62.5 Å². The Labute approximate surface area is 164 Å². The van der Waals surface area contributed by atoms with Crippen molar-refractivity contribution < 1.29 is 0 Å². The Bertz CT molecular complexity index is 986. The molecule has 0 atom stereocenters. The zero-order valence-electron chi connectivity index (χ0n) is 16.2. The van der Waals surface area contributed by atoms with Gasteiger partial charge in [-0.2, -0.15) is 0 Å². The first-order valence-electron chi connectivity index (χ1n) is 10.0. The monoisotopic (exact) mass is 381 g/mol. The van der Waals surface area contributed by atoms with Crippen LogP contribution in [0.15, 0.2) is 35.1 Å². The topological polar surface area (TPSA) is 38.1 Å². The molecular weight excluding hydrogens is 354 g/mol. The standard InChI is InChI=1S/C22H27N3OS/c1-3-24(4-2)15-19-23-21-20(17-12-8-9-13-18(17)27-21)22(26)25(19)14-16-10-6-5-7-11-16/h5-7,10-11H,3-4,8-9,12-15H2,1-2H3. The van der Waals surface area contributed by atoms with Crippen LogP contribution in [-0.2, 0) is 25.9 Å². The van der Waals surface area contributed by atoms with Gasteiger partial charge >= 0.3 is 0 Å². The van der Waals surface area contributed by atoms with Crippen molar-refractivity contribution in [2.24, 2.45) is 0 Å². The highest BCUT2D eigenvalue weighted by molar-refractivity contribution is 7.18. The number of hydrogen-bond donors (Lipinski definition) is 0. The Morgan fingerprint density at radius 1 is 1.11 bits per heavy atom. The van der Waals surface area contributed by atoms with Gasteiger partial charge in [-0.25, -0.2) is 4.98 Å². The molecule has 2 aromatic heterocycles. The molecule has 4 nitrogen and oxygen atoms in total. The van der Waals surface area contributed by atoms with E-state index in [-0.39, 0.29) is 5.56 Å². The summed E-state index contributed by atoms with van der Waals surface area (Å²) in [6.45, 7) is 7.53. The summed E-state index contributed by atoms with van der Waals surface area (Å²) < 4.78 is 1.91. The van der Waals surface area contributed by atoms with Crippen LogP contribution in [0.1, 0.15) is 48.5 Å². The van der Waals surface area contributed by atoms with Gasteiger partial charge in [-0.05, 0) is 49.9 Å². The van der Waals surface area contributed by atoms with Gasteiger partial charge in [0.2, 0.25) is 0 Å². The fraction of sp³-hybridized carbons (Fsp3) is 0.455. The molecule has 0 fully saturated rings. The summed E-state index contributed by atoms with van der Waals surface area (Å²) in [5.74, 6) is 0.888. The van der Waals surface area contributed by atoms with Gasteiger partial charge in [0, 0.05) is 4.88 Å². The minimum absolute atomic E-state index is 0.144. The molecule has 4 rings (SSSR count). The van der Waals surface area contributed by atoms with Crippen LogP contribution in [-0.4, -0.2) is 27.5 Å². The van der Waals surface area contributed by atoms with E-state index in [0.717, 1.165) is 47.5 Å². The Morgan fingerprint density at radius 2 is 1.85 bits per heavy atom. The van der Waals surface area contributed by atoms with Crippen molar-refractivity contribution in [3.63, 3.8) is 0 Å². The molecule has 5 heteroatoms. The minimum atomic E-state index is 0.144. The molecule has 0 N–H and O–H groups in total. The maximum absolute atomic E-state index is 13.6. The van der Waals surface area contributed by atoms with Gasteiger partial charge in [0.05, 0.1) is 18.5 Å². The molecule has 0 radical (unpaired) electrons. The van der Waals surface area contributed by atoms with Gasteiger partial charge in [0.25, 0.3) is 5.56 Å². The van der Waals surface area contributed by atoms with Crippen LogP contribution in [0.25, 0.3) is 10.2 Å². The van der Waals surface area contributed by atoms with Crippen LogP contribution >= 0.6 is 11.3 Å². The summed E-state index contributed by atoms with van der Waals surface area (Å²) in [7, 11) is 0. The lowest BCUT2D eigenvalue weighted by Gasteiger charge is -2.20. The molecule has 142 valence electrons. The Morgan fingerprint density at radius 3 is 2.59 bits per heavy atom. The molecule has 0 spiro atoms. The maximum atomic E-state index is 13.6. The molecule has 1 aromatic carbocycles. The predicted octanol–water partition coefficient (Wildman–Crippen LogP) is 4.23. The lowest BCUT2D eigenvalue weighted by molar-refractivity contribution is 0.282. The highest BCUT2D eigenvalue weighted by Gasteiger charge is 2.22. The third-order valence-electron chi connectivity index (χ3n) is 5.60. The quantitative estimate of drug-likeness (QED) is 0.641. The van der Waals surface area contributed by atoms with Crippen molar-refractivity contribution in [2.75, 3.05) is 13.1 Å². The number of nitrogens with zero attached hydrogens (tertiary/aromatic N) is 3. The van der Waals surface area contributed by atoms with Gasteiger partial charge in [-0.15, -0.1) is 11.3 Å². The Hall–Kier alpha value is -1.98. The smallest absolute Gasteiger partial charge is 0.262 e. The third-order valence-corrected chi connectivity index (χ3v) is 6.78. The van der Waals surface area contributed by atoms with E-state index in [4.69, 9.17) is 4.98 Å². The van der Waals surface area contributed by atoms with E-state index in [1.807, 2.05) is 22.8 Å². The van der Waals surface area contributed by atoms with Gasteiger partial charge in [0.15, 0.2) is 0 Å². The number of aryl methyl sites for hydroxylation is 2. The molecule has 3 aromatic rings. The van der Waals surface area contributed by atoms with Crippen molar-refractivity contribution in [1.29, 1.82) is 0 Å². The van der Waals surface area contributed by atoms with Crippen molar-refractivity contribution in [3.8, 4) is 0 Å². The molecule has 1 aliphatic rings. The molecule has 0 aliphatic heterocycles. The number of hydrogen-bond acceptors (Lipinski definition) is 4. The number of aromatic nitrogens is 2. The average Bonchev–Trinajstić information content (AvgIpc) is 3.08. The van der Waals surface area contributed by atoms with E-state index in [2.05, 4.69) is 30.9 Å². The maximum Gasteiger partial charge on any atom is 0.262 e. The van der Waals surface area contributed by atoms with Crippen LogP contribution in [0.4, 0.5) is 0 Å². The summed E-state index contributed by atoms with van der Waals surface area (Å²) in [6.07, 6.45) is 4.52. The molecule has 2 heterocycles. The number of benzene rings is 1. The lowest BCUT2D eigenvalue weighted by atomic mass is 9.97. The van der Waals surface area contributed by atoms with Crippen molar-refractivity contribution in [1.82, 2.24) is 14.5 Å². The molecule has 27 heavy (non-hydrogen) atoms. The van der Waals surface area contributed by atoms with Gasteiger partial charge < -0.3 is 0 Å². The fourth-order valence-corrected chi connectivity index (χ4v) is 5.25. The number of thiophene rings is 1. The predicted molar refractivity (Wildman–Crippen MR) is 113 cm³/mol. The van der Waals surface area contributed by atoms with Crippen LogP contribution in [0.5, 0.6) is 0 Å². The number of fused-ring (bicyclic) bond motifs is 3. The van der Waals surface area contributed by atoms with Crippen LogP contribution in [0, 0.1) is 0 Å². The molecule has 1 aliphatic carbocycles. The molecule has 0 unspecified atom stereocenters. The molecule has 0 saturated heterocycles. The second-order valence-electron chi connectivity index (χ2n) is 7.26. The SMILES string of the molecule is CCN(CC)Cc1nc2sc3c(c2c(=O)n1Cc1ccccc1)CCCC3. The summed E-state index contributed by atoms with van der Waals surface area (Å²) in [5, 5.41) is 0.883. The van der Waals surface area contributed by atoms with Gasteiger partial charge in [-0.3, -0.25) is 14.3 Å². The summed E-state index contributed by atoms with van der Waals surface area (Å²) in [6, 6.07) is 10.2. The highest BCUT2D eigenvalue weighted by Crippen LogP contribution is 2.34.